The molecule has 0 aliphatic rings. The van der Waals surface area contributed by atoms with Crippen LogP contribution in [0, 0.1) is 13.8 Å². The third kappa shape index (κ3) is 4.02. The second-order valence-corrected chi connectivity index (χ2v) is 5.27. The Morgan fingerprint density at radius 3 is 2.45 bits per heavy atom. The average molecular weight is 269 g/mol. The van der Waals surface area contributed by atoms with E-state index in [4.69, 9.17) is 10.5 Å². The van der Waals surface area contributed by atoms with E-state index in [-0.39, 0.29) is 0 Å². The molecule has 0 fully saturated rings. The van der Waals surface area contributed by atoms with Crippen LogP contribution in [0.5, 0.6) is 5.75 Å². The molecule has 0 amide bonds. The largest absolute Gasteiger partial charge is 0.493 e. The van der Waals surface area contributed by atoms with Gasteiger partial charge in [-0.25, -0.2) is 0 Å². The zero-order valence-corrected chi connectivity index (χ0v) is 12.4. The van der Waals surface area contributed by atoms with Gasteiger partial charge < -0.3 is 10.5 Å². The minimum atomic E-state index is 0.746. The molecule has 0 spiro atoms. The van der Waals surface area contributed by atoms with Crippen LogP contribution in [-0.4, -0.2) is 6.61 Å². The summed E-state index contributed by atoms with van der Waals surface area (Å²) in [6.45, 7) is 4.83. The number of aryl methyl sites for hydroxylation is 3. The molecule has 2 nitrogen and oxygen atoms in total. The molecular weight excluding hydrogens is 246 g/mol. The summed E-state index contributed by atoms with van der Waals surface area (Å²) in [6.07, 6.45) is 3.31. The molecule has 2 heteroatoms. The molecule has 0 aliphatic carbocycles. The first kappa shape index (κ1) is 14.4. The first-order valence-electron chi connectivity index (χ1n) is 7.20. The van der Waals surface area contributed by atoms with Gasteiger partial charge in [-0.1, -0.05) is 36.4 Å². The van der Waals surface area contributed by atoms with E-state index >= 15 is 0 Å². The van der Waals surface area contributed by atoms with E-state index in [0.717, 1.165) is 48.4 Å². The first-order chi connectivity index (χ1) is 9.66. The van der Waals surface area contributed by atoms with E-state index in [1.165, 1.54) is 5.56 Å². The van der Waals surface area contributed by atoms with Crippen molar-refractivity contribution in [1.29, 1.82) is 0 Å². The van der Waals surface area contributed by atoms with Gasteiger partial charge in [-0.05, 0) is 49.8 Å². The molecule has 2 aromatic rings. The van der Waals surface area contributed by atoms with E-state index in [0.29, 0.717) is 0 Å². The van der Waals surface area contributed by atoms with Crippen molar-refractivity contribution in [3.63, 3.8) is 0 Å². The Bertz CT molecular complexity index is 549. The lowest BCUT2D eigenvalue weighted by Crippen LogP contribution is -2.01. The maximum absolute atomic E-state index is 5.92. The van der Waals surface area contributed by atoms with Crippen LogP contribution >= 0.6 is 0 Å². The fraction of sp³-hybridized carbons (Fsp3) is 0.333. The molecule has 0 aliphatic heterocycles. The van der Waals surface area contributed by atoms with Crippen molar-refractivity contribution in [2.45, 2.75) is 33.1 Å². The van der Waals surface area contributed by atoms with E-state index in [2.05, 4.69) is 43.3 Å². The van der Waals surface area contributed by atoms with Crippen molar-refractivity contribution in [3.05, 3.63) is 59.2 Å². The fourth-order valence-corrected chi connectivity index (χ4v) is 2.26. The Kier molecular flexibility index (Phi) is 5.05. The summed E-state index contributed by atoms with van der Waals surface area (Å²) >= 11 is 0. The maximum atomic E-state index is 5.92. The van der Waals surface area contributed by atoms with Crippen molar-refractivity contribution in [2.24, 2.45) is 0 Å². The van der Waals surface area contributed by atoms with Gasteiger partial charge in [0.25, 0.3) is 0 Å². The van der Waals surface area contributed by atoms with Gasteiger partial charge in [-0.15, -0.1) is 0 Å². The highest BCUT2D eigenvalue weighted by Crippen LogP contribution is 2.24. The number of ether oxygens (including phenoxy) is 1. The van der Waals surface area contributed by atoms with E-state index in [9.17, 15) is 0 Å². The summed E-state index contributed by atoms with van der Waals surface area (Å²) in [7, 11) is 0. The van der Waals surface area contributed by atoms with Gasteiger partial charge in [-0.3, -0.25) is 0 Å². The minimum Gasteiger partial charge on any atom is -0.493 e. The highest BCUT2D eigenvalue weighted by molar-refractivity contribution is 5.54. The zero-order chi connectivity index (χ0) is 14.4. The SMILES string of the molecule is Cc1cc(C)c(OCCCCc2ccccc2)cc1N. The lowest BCUT2D eigenvalue weighted by atomic mass is 10.1. The monoisotopic (exact) mass is 269 g/mol. The molecule has 0 saturated heterocycles. The summed E-state index contributed by atoms with van der Waals surface area (Å²) in [5.41, 5.74) is 10.4. The Labute approximate surface area is 121 Å². The molecule has 0 aromatic heterocycles. The van der Waals surface area contributed by atoms with Gasteiger partial charge >= 0.3 is 0 Å². The number of hydrogen-bond acceptors (Lipinski definition) is 2. The smallest absolute Gasteiger partial charge is 0.124 e. The molecule has 20 heavy (non-hydrogen) atoms. The standard InChI is InChI=1S/C18H23NO/c1-14-12-15(2)18(13-17(14)19)20-11-7-6-10-16-8-4-3-5-9-16/h3-5,8-9,12-13H,6-7,10-11,19H2,1-2H3. The summed E-state index contributed by atoms with van der Waals surface area (Å²) in [5.74, 6) is 0.910. The number of nitrogen functional groups attached to an aromatic ring is 1. The molecular formula is C18H23NO. The number of benzene rings is 2. The van der Waals surface area contributed by atoms with Crippen molar-refractivity contribution in [2.75, 3.05) is 12.3 Å². The zero-order valence-electron chi connectivity index (χ0n) is 12.4. The molecule has 0 atom stereocenters. The molecule has 0 heterocycles. The minimum absolute atomic E-state index is 0.746. The number of rotatable bonds is 6. The maximum Gasteiger partial charge on any atom is 0.124 e. The van der Waals surface area contributed by atoms with E-state index in [1.54, 1.807) is 0 Å². The molecule has 0 bridgehead atoms. The second-order valence-electron chi connectivity index (χ2n) is 5.27. The third-order valence-corrected chi connectivity index (χ3v) is 3.52. The van der Waals surface area contributed by atoms with Crippen molar-refractivity contribution in [1.82, 2.24) is 0 Å². The Morgan fingerprint density at radius 2 is 1.70 bits per heavy atom. The third-order valence-electron chi connectivity index (χ3n) is 3.52. The lowest BCUT2D eigenvalue weighted by molar-refractivity contribution is 0.305. The molecule has 106 valence electrons. The summed E-state index contributed by atoms with van der Waals surface area (Å²) in [5, 5.41) is 0. The van der Waals surface area contributed by atoms with Gasteiger partial charge in [0.15, 0.2) is 0 Å². The number of hydrogen-bond donors (Lipinski definition) is 1. The van der Waals surface area contributed by atoms with Crippen molar-refractivity contribution >= 4 is 5.69 Å². The Balaban J connectivity index is 1.75. The predicted molar refractivity (Wildman–Crippen MR) is 85.2 cm³/mol. The quantitative estimate of drug-likeness (QED) is 0.627. The average Bonchev–Trinajstić information content (AvgIpc) is 2.45. The van der Waals surface area contributed by atoms with Crippen LogP contribution in [0.15, 0.2) is 42.5 Å². The van der Waals surface area contributed by atoms with Gasteiger partial charge in [0.05, 0.1) is 6.61 Å². The molecule has 0 saturated carbocycles. The van der Waals surface area contributed by atoms with Gasteiger partial charge in [0, 0.05) is 11.8 Å². The Morgan fingerprint density at radius 1 is 0.950 bits per heavy atom. The molecule has 2 aromatic carbocycles. The fourth-order valence-electron chi connectivity index (χ4n) is 2.26. The van der Waals surface area contributed by atoms with Gasteiger partial charge in [0.2, 0.25) is 0 Å². The van der Waals surface area contributed by atoms with E-state index < -0.39 is 0 Å². The van der Waals surface area contributed by atoms with Crippen molar-refractivity contribution in [3.8, 4) is 5.75 Å². The summed E-state index contributed by atoms with van der Waals surface area (Å²) in [6, 6.07) is 14.6. The predicted octanol–water partition coefficient (Wildman–Crippen LogP) is 4.29. The van der Waals surface area contributed by atoms with Crippen LogP contribution in [0.2, 0.25) is 0 Å². The number of unbranched alkanes of at least 4 members (excludes halogenated alkanes) is 1. The lowest BCUT2D eigenvalue weighted by Gasteiger charge is -2.11. The topological polar surface area (TPSA) is 35.2 Å². The normalized spacial score (nSPS) is 10.5. The summed E-state index contributed by atoms with van der Waals surface area (Å²) < 4.78 is 5.83. The number of nitrogens with two attached hydrogens (primary N) is 1. The highest BCUT2D eigenvalue weighted by Gasteiger charge is 2.03. The highest BCUT2D eigenvalue weighted by atomic mass is 16.5. The van der Waals surface area contributed by atoms with Crippen LogP contribution in [-0.2, 0) is 6.42 Å². The molecule has 2 N–H and O–H groups in total. The van der Waals surface area contributed by atoms with Gasteiger partial charge in [0.1, 0.15) is 5.75 Å². The molecule has 0 radical (unpaired) electrons. The van der Waals surface area contributed by atoms with Crippen LogP contribution in [0.4, 0.5) is 5.69 Å². The first-order valence-corrected chi connectivity index (χ1v) is 7.20. The number of anilines is 1. The van der Waals surface area contributed by atoms with Crippen LogP contribution in [0.3, 0.4) is 0 Å². The van der Waals surface area contributed by atoms with Crippen LogP contribution < -0.4 is 10.5 Å². The van der Waals surface area contributed by atoms with Crippen LogP contribution in [0.1, 0.15) is 29.5 Å². The van der Waals surface area contributed by atoms with E-state index in [1.807, 2.05) is 13.0 Å². The second kappa shape index (κ2) is 6.99. The van der Waals surface area contributed by atoms with Crippen molar-refractivity contribution < 1.29 is 4.74 Å². The molecule has 2 rings (SSSR count). The van der Waals surface area contributed by atoms with Crippen LogP contribution in [0.25, 0.3) is 0 Å². The molecule has 0 unspecified atom stereocenters. The Hall–Kier alpha value is -1.96. The van der Waals surface area contributed by atoms with Gasteiger partial charge in [-0.2, -0.15) is 0 Å². The summed E-state index contributed by atoms with van der Waals surface area (Å²) in [4.78, 5) is 0.